The highest BCUT2D eigenvalue weighted by Crippen LogP contribution is 2.35. The van der Waals surface area contributed by atoms with Crippen LogP contribution in [0.2, 0.25) is 0 Å². The summed E-state index contributed by atoms with van der Waals surface area (Å²) < 4.78 is 14.7. The van der Waals surface area contributed by atoms with E-state index in [-0.39, 0.29) is 11.6 Å². The van der Waals surface area contributed by atoms with Gasteiger partial charge in [0.1, 0.15) is 22.4 Å². The predicted molar refractivity (Wildman–Crippen MR) is 137 cm³/mol. The van der Waals surface area contributed by atoms with Crippen molar-refractivity contribution in [2.24, 2.45) is 0 Å². The highest BCUT2D eigenvalue weighted by molar-refractivity contribution is 7.16. The molecule has 2 saturated heterocycles. The minimum absolute atomic E-state index is 0.236. The Kier molecular flexibility index (Phi) is 5.51. The first-order valence-electron chi connectivity index (χ1n) is 11.8. The van der Waals surface area contributed by atoms with Gasteiger partial charge in [-0.2, -0.15) is 0 Å². The monoisotopic (exact) mass is 481 g/mol. The molecule has 2 unspecified atom stereocenters. The van der Waals surface area contributed by atoms with Gasteiger partial charge in [-0.25, -0.2) is 9.37 Å². The van der Waals surface area contributed by atoms with Crippen LogP contribution in [0.5, 0.6) is 0 Å². The number of nitrogens with zero attached hydrogens (tertiary/aromatic N) is 3. The molecule has 0 spiro atoms. The van der Waals surface area contributed by atoms with Gasteiger partial charge in [0, 0.05) is 43.8 Å². The number of H-pyrrole nitrogens is 2. The minimum atomic E-state index is -1.03. The molecule has 34 heavy (non-hydrogen) atoms. The summed E-state index contributed by atoms with van der Waals surface area (Å²) in [5, 5.41) is 9.28. The Morgan fingerprint density at radius 3 is 2.85 bits per heavy atom. The zero-order valence-corrected chi connectivity index (χ0v) is 19.8. The molecular formula is C24H28FN7OS. The van der Waals surface area contributed by atoms with E-state index < -0.39 is 6.17 Å². The lowest BCUT2D eigenvalue weighted by molar-refractivity contribution is 0.245. The van der Waals surface area contributed by atoms with E-state index in [1.807, 2.05) is 17.5 Å². The minimum Gasteiger partial charge on any atom is -0.378 e. The SMILES string of the molecule is CN1CCN(c2ccc3nc(-c4c(NC5CCNCC5F)c5ccsc5[nH]c4=O)[nH]c3c2)CC1. The van der Waals surface area contributed by atoms with Gasteiger partial charge < -0.3 is 30.4 Å². The number of likely N-dealkylation sites (N-methyl/N-ethyl adjacent to an activating group) is 1. The van der Waals surface area contributed by atoms with Crippen LogP contribution in [0.25, 0.3) is 32.6 Å². The summed E-state index contributed by atoms with van der Waals surface area (Å²) in [6.45, 7) is 5.07. The maximum Gasteiger partial charge on any atom is 0.262 e. The van der Waals surface area contributed by atoms with Gasteiger partial charge >= 0.3 is 0 Å². The Balaban J connectivity index is 1.42. The second kappa shape index (κ2) is 8.68. The zero-order chi connectivity index (χ0) is 23.2. The van der Waals surface area contributed by atoms with E-state index in [4.69, 9.17) is 4.98 Å². The molecule has 5 heterocycles. The number of aromatic nitrogens is 3. The quantitative estimate of drug-likeness (QED) is 0.358. The van der Waals surface area contributed by atoms with Crippen molar-refractivity contribution in [3.05, 3.63) is 40.0 Å². The van der Waals surface area contributed by atoms with E-state index in [1.165, 1.54) is 11.3 Å². The molecule has 3 aromatic heterocycles. The number of imidazole rings is 1. The number of anilines is 2. The molecule has 0 saturated carbocycles. The first-order chi connectivity index (χ1) is 16.6. The summed E-state index contributed by atoms with van der Waals surface area (Å²) in [6.07, 6.45) is -0.385. The lowest BCUT2D eigenvalue weighted by Crippen LogP contribution is -2.45. The summed E-state index contributed by atoms with van der Waals surface area (Å²) in [5.41, 5.74) is 3.66. The van der Waals surface area contributed by atoms with Crippen molar-refractivity contribution in [3.8, 4) is 11.4 Å². The van der Waals surface area contributed by atoms with Crippen molar-refractivity contribution in [2.45, 2.75) is 18.6 Å². The van der Waals surface area contributed by atoms with Gasteiger partial charge in [-0.05, 0) is 49.7 Å². The van der Waals surface area contributed by atoms with E-state index in [1.54, 1.807) is 0 Å². The van der Waals surface area contributed by atoms with Crippen LogP contribution in [-0.4, -0.2) is 78.4 Å². The van der Waals surface area contributed by atoms with E-state index >= 15 is 0 Å². The highest BCUT2D eigenvalue weighted by Gasteiger charge is 2.28. The van der Waals surface area contributed by atoms with Crippen LogP contribution < -0.4 is 21.1 Å². The average Bonchev–Trinajstić information content (AvgIpc) is 3.47. The molecule has 0 amide bonds. The molecule has 8 nitrogen and oxygen atoms in total. The number of aromatic amines is 2. The molecule has 2 fully saturated rings. The number of piperazine rings is 1. The van der Waals surface area contributed by atoms with E-state index in [0.29, 0.717) is 30.0 Å². The number of piperidine rings is 1. The Labute approximate surface area is 200 Å². The van der Waals surface area contributed by atoms with Crippen molar-refractivity contribution in [1.82, 2.24) is 25.2 Å². The molecule has 178 valence electrons. The summed E-state index contributed by atoms with van der Waals surface area (Å²) in [6, 6.07) is 7.79. The van der Waals surface area contributed by atoms with Gasteiger partial charge in [0.2, 0.25) is 0 Å². The van der Waals surface area contributed by atoms with Gasteiger partial charge in [0.15, 0.2) is 0 Å². The van der Waals surface area contributed by atoms with Crippen molar-refractivity contribution >= 4 is 44.0 Å². The fourth-order valence-electron chi connectivity index (χ4n) is 4.94. The van der Waals surface area contributed by atoms with Crippen molar-refractivity contribution in [1.29, 1.82) is 0 Å². The van der Waals surface area contributed by atoms with Crippen LogP contribution in [0.3, 0.4) is 0 Å². The lowest BCUT2D eigenvalue weighted by Gasteiger charge is -2.34. The number of thiophene rings is 1. The Morgan fingerprint density at radius 1 is 1.18 bits per heavy atom. The van der Waals surface area contributed by atoms with E-state index in [9.17, 15) is 9.18 Å². The lowest BCUT2D eigenvalue weighted by atomic mass is 10.0. The predicted octanol–water partition coefficient (Wildman–Crippen LogP) is 3.00. The Morgan fingerprint density at radius 2 is 2.03 bits per heavy atom. The van der Waals surface area contributed by atoms with Crippen molar-refractivity contribution in [2.75, 3.05) is 56.5 Å². The van der Waals surface area contributed by atoms with Gasteiger partial charge in [0.25, 0.3) is 5.56 Å². The van der Waals surface area contributed by atoms with E-state index in [0.717, 1.165) is 59.7 Å². The average molecular weight is 482 g/mol. The summed E-state index contributed by atoms with van der Waals surface area (Å²) in [7, 11) is 2.14. The third kappa shape index (κ3) is 3.85. The molecule has 6 rings (SSSR count). The largest absolute Gasteiger partial charge is 0.378 e. The molecule has 2 aliphatic heterocycles. The van der Waals surface area contributed by atoms with Gasteiger partial charge in [-0.3, -0.25) is 4.79 Å². The zero-order valence-electron chi connectivity index (χ0n) is 19.0. The van der Waals surface area contributed by atoms with Crippen LogP contribution in [0, 0.1) is 0 Å². The van der Waals surface area contributed by atoms with Crippen LogP contribution >= 0.6 is 11.3 Å². The molecule has 0 radical (unpaired) electrons. The van der Waals surface area contributed by atoms with Gasteiger partial charge in [-0.1, -0.05) is 0 Å². The number of hydrogen-bond acceptors (Lipinski definition) is 7. The molecular weight excluding hydrogens is 453 g/mol. The molecule has 0 aliphatic carbocycles. The van der Waals surface area contributed by atoms with Crippen LogP contribution in [0.1, 0.15) is 6.42 Å². The molecule has 0 bridgehead atoms. The number of pyridine rings is 1. The first kappa shape index (κ1) is 21.6. The normalized spacial score (nSPS) is 22.0. The second-order valence-corrected chi connectivity index (χ2v) is 10.1. The fourth-order valence-corrected chi connectivity index (χ4v) is 5.73. The fraction of sp³-hybridized carbons (Fsp3) is 0.417. The van der Waals surface area contributed by atoms with Crippen LogP contribution in [-0.2, 0) is 0 Å². The van der Waals surface area contributed by atoms with Gasteiger partial charge in [-0.15, -0.1) is 11.3 Å². The third-order valence-electron chi connectivity index (χ3n) is 6.95. The summed E-state index contributed by atoms with van der Waals surface area (Å²) in [4.78, 5) is 29.8. The number of nitrogens with one attached hydrogen (secondary N) is 4. The molecule has 1 aromatic carbocycles. The number of halogens is 1. The van der Waals surface area contributed by atoms with Crippen molar-refractivity contribution < 1.29 is 4.39 Å². The molecule has 10 heteroatoms. The first-order valence-corrected chi connectivity index (χ1v) is 12.6. The highest BCUT2D eigenvalue weighted by atomic mass is 32.1. The Hall–Kier alpha value is -2.95. The summed E-state index contributed by atoms with van der Waals surface area (Å²) in [5.74, 6) is 0.492. The molecule has 2 atom stereocenters. The van der Waals surface area contributed by atoms with Crippen LogP contribution in [0.4, 0.5) is 15.8 Å². The third-order valence-corrected chi connectivity index (χ3v) is 7.78. The number of hydrogen-bond donors (Lipinski definition) is 4. The number of rotatable bonds is 4. The van der Waals surface area contributed by atoms with Crippen LogP contribution in [0.15, 0.2) is 34.4 Å². The number of fused-ring (bicyclic) bond motifs is 2. The smallest absolute Gasteiger partial charge is 0.262 e. The Bertz CT molecular complexity index is 1390. The number of alkyl halides is 1. The number of benzene rings is 1. The molecule has 2 aliphatic rings. The van der Waals surface area contributed by atoms with Crippen molar-refractivity contribution in [3.63, 3.8) is 0 Å². The molecule has 4 aromatic rings. The van der Waals surface area contributed by atoms with Gasteiger partial charge in [0.05, 0.1) is 22.8 Å². The second-order valence-electron chi connectivity index (χ2n) is 9.20. The summed E-state index contributed by atoms with van der Waals surface area (Å²) >= 11 is 1.46. The standard InChI is InChI=1S/C24H28FN7OS/c1-31-7-9-32(10-8-31)14-2-3-18-19(12-14)29-22(28-18)20-21(27-17-4-6-26-13-16(17)25)15-5-11-34-24(15)30-23(20)33/h2-3,5,11-12,16-17,26H,4,6-10,13H2,1H3,(H,28,29)(H2,27,30,33). The topological polar surface area (TPSA) is 92.1 Å². The van der Waals surface area contributed by atoms with E-state index in [2.05, 4.69) is 49.6 Å². The maximum absolute atomic E-state index is 14.7. The molecule has 4 N–H and O–H groups in total. The maximum atomic E-state index is 14.7.